The van der Waals surface area contributed by atoms with Gasteiger partial charge in [-0.1, -0.05) is 55.7 Å². The van der Waals surface area contributed by atoms with Crippen molar-refractivity contribution in [1.82, 2.24) is 28.7 Å². The molecular formula is C34H39N7O3SSi. The molecule has 46 heavy (non-hydrogen) atoms. The molecule has 4 heterocycles. The van der Waals surface area contributed by atoms with Crippen LogP contribution in [0.15, 0.2) is 94.0 Å². The number of hydrogen-bond acceptors (Lipinski definition) is 8. The summed E-state index contributed by atoms with van der Waals surface area (Å²) in [7, 11) is 0.436. The highest BCUT2D eigenvalue weighted by atomic mass is 32.2. The number of anilines is 1. The third-order valence-electron chi connectivity index (χ3n) is 7.78. The van der Waals surface area contributed by atoms with Gasteiger partial charge in [-0.05, 0) is 61.9 Å². The minimum Gasteiger partial charge on any atom is -0.497 e. The molecule has 0 aliphatic carbocycles. The summed E-state index contributed by atoms with van der Waals surface area (Å²) in [5.74, 6) is 1.98. The topological polar surface area (TPSA) is 100 Å². The van der Waals surface area contributed by atoms with E-state index in [9.17, 15) is 4.79 Å². The van der Waals surface area contributed by atoms with Crippen molar-refractivity contribution < 1.29 is 9.47 Å². The van der Waals surface area contributed by atoms with Crippen LogP contribution in [0.2, 0.25) is 25.7 Å². The molecule has 0 amide bonds. The minimum atomic E-state index is -1.23. The lowest BCUT2D eigenvalue weighted by Crippen LogP contribution is -2.29. The molecule has 1 N–H and O–H groups in total. The largest absolute Gasteiger partial charge is 0.497 e. The van der Waals surface area contributed by atoms with E-state index < -0.39 is 14.1 Å². The quantitative estimate of drug-likeness (QED) is 0.110. The molecule has 12 heteroatoms. The summed E-state index contributed by atoms with van der Waals surface area (Å²) < 4.78 is 17.0. The number of ether oxygens (including phenoxy) is 2. The van der Waals surface area contributed by atoms with Crippen LogP contribution in [-0.2, 0) is 11.5 Å². The maximum Gasteiger partial charge on any atom is 0.282 e. The number of benzene rings is 2. The van der Waals surface area contributed by atoms with Crippen molar-refractivity contribution >= 4 is 42.2 Å². The number of nitrogens with zero attached hydrogens (tertiary/aromatic N) is 6. The first-order chi connectivity index (χ1) is 22.1. The Bertz CT molecular complexity index is 2050. The third kappa shape index (κ3) is 6.60. The number of rotatable bonds is 12. The molecular weight excluding hydrogens is 615 g/mol. The first-order valence-corrected chi connectivity index (χ1v) is 19.8. The molecule has 6 rings (SSSR count). The predicted octanol–water partition coefficient (Wildman–Crippen LogP) is 7.18. The third-order valence-corrected chi connectivity index (χ3v) is 10.5. The second kappa shape index (κ2) is 13.1. The molecule has 0 saturated heterocycles. The van der Waals surface area contributed by atoms with Crippen LogP contribution in [0, 0.1) is 6.92 Å². The number of fused-ring (bicyclic) bond motifs is 2. The van der Waals surface area contributed by atoms with Gasteiger partial charge in [0.15, 0.2) is 5.82 Å². The second-order valence-corrected chi connectivity index (χ2v) is 19.2. The van der Waals surface area contributed by atoms with Gasteiger partial charge in [-0.25, -0.2) is 14.5 Å². The standard InChI is InChI=1S/C34H39N7O3SSi/c1-23-15-16-40-30(23)34(42)41(25-11-8-7-9-12-25)32(38-40)24(2)37-31-29-28(45-27-14-10-13-26(19-27)43-3)20-39(33(29)36-21-35-31)22-44-17-18-46(4,5)6/h7-16,19-21,24H,17-18,22H2,1-6H3,(H,35,36,37). The maximum atomic E-state index is 13.9. The summed E-state index contributed by atoms with van der Waals surface area (Å²) in [5, 5.41) is 9.38. The number of aromatic nitrogens is 6. The summed E-state index contributed by atoms with van der Waals surface area (Å²) in [4.78, 5) is 25.3. The fraction of sp³-hybridized carbons (Fsp3) is 0.294. The Morgan fingerprint density at radius 3 is 2.61 bits per heavy atom. The van der Waals surface area contributed by atoms with E-state index >= 15 is 0 Å². The molecule has 1 unspecified atom stereocenters. The van der Waals surface area contributed by atoms with Crippen LogP contribution in [0.5, 0.6) is 5.75 Å². The van der Waals surface area contributed by atoms with Gasteiger partial charge in [0.1, 0.15) is 35.8 Å². The van der Waals surface area contributed by atoms with Crippen LogP contribution in [0.3, 0.4) is 0 Å². The van der Waals surface area contributed by atoms with Crippen molar-refractivity contribution in [2.45, 2.75) is 62.1 Å². The zero-order chi connectivity index (χ0) is 32.4. The minimum absolute atomic E-state index is 0.129. The highest BCUT2D eigenvalue weighted by molar-refractivity contribution is 7.99. The van der Waals surface area contributed by atoms with Crippen LogP contribution in [-0.4, -0.2) is 50.5 Å². The van der Waals surface area contributed by atoms with E-state index in [1.54, 1.807) is 34.3 Å². The molecule has 0 saturated carbocycles. The van der Waals surface area contributed by atoms with Crippen molar-refractivity contribution in [1.29, 1.82) is 0 Å². The smallest absolute Gasteiger partial charge is 0.282 e. The molecule has 0 radical (unpaired) electrons. The first-order valence-electron chi connectivity index (χ1n) is 15.3. The second-order valence-electron chi connectivity index (χ2n) is 12.5. The lowest BCUT2D eigenvalue weighted by molar-refractivity contribution is 0.0896. The molecule has 0 spiro atoms. The van der Waals surface area contributed by atoms with Crippen LogP contribution in [0.4, 0.5) is 5.82 Å². The highest BCUT2D eigenvalue weighted by Gasteiger charge is 2.23. The molecule has 0 aliphatic heterocycles. The lowest BCUT2D eigenvalue weighted by atomic mass is 10.2. The van der Waals surface area contributed by atoms with Gasteiger partial charge in [0.2, 0.25) is 0 Å². The lowest BCUT2D eigenvalue weighted by Gasteiger charge is -2.20. The fourth-order valence-corrected chi connectivity index (χ4v) is 7.12. The van der Waals surface area contributed by atoms with Gasteiger partial charge in [-0.3, -0.25) is 9.36 Å². The average molecular weight is 654 g/mol. The van der Waals surface area contributed by atoms with Crippen LogP contribution >= 0.6 is 11.8 Å². The van der Waals surface area contributed by atoms with E-state index in [1.165, 1.54) is 0 Å². The van der Waals surface area contributed by atoms with E-state index in [0.29, 0.717) is 30.5 Å². The first kappa shape index (κ1) is 31.6. The fourth-order valence-electron chi connectivity index (χ4n) is 5.31. The van der Waals surface area contributed by atoms with E-state index in [-0.39, 0.29) is 5.56 Å². The molecule has 238 valence electrons. The maximum absolute atomic E-state index is 13.9. The Labute approximate surface area is 273 Å². The zero-order valence-corrected chi connectivity index (χ0v) is 28.8. The molecule has 0 fully saturated rings. The van der Waals surface area contributed by atoms with Gasteiger partial charge in [0.05, 0.1) is 24.2 Å². The van der Waals surface area contributed by atoms with Gasteiger partial charge in [0, 0.05) is 36.9 Å². The average Bonchev–Trinajstić information content (AvgIpc) is 3.59. The Kier molecular flexibility index (Phi) is 9.03. The van der Waals surface area contributed by atoms with Crippen LogP contribution in [0.1, 0.15) is 24.4 Å². The highest BCUT2D eigenvalue weighted by Crippen LogP contribution is 2.39. The number of aryl methyl sites for hydroxylation is 1. The van der Waals surface area contributed by atoms with E-state index in [2.05, 4.69) is 37.2 Å². The number of methoxy groups -OCH3 is 1. The normalized spacial score (nSPS) is 12.6. The van der Waals surface area contributed by atoms with E-state index in [0.717, 1.165) is 43.9 Å². The summed E-state index contributed by atoms with van der Waals surface area (Å²) >= 11 is 1.61. The zero-order valence-electron chi connectivity index (χ0n) is 27.0. The predicted molar refractivity (Wildman–Crippen MR) is 186 cm³/mol. The number of para-hydroxylation sites is 1. The number of hydrogen-bond donors (Lipinski definition) is 1. The van der Waals surface area contributed by atoms with E-state index in [4.69, 9.17) is 24.5 Å². The van der Waals surface area contributed by atoms with Crippen molar-refractivity contribution in [2.24, 2.45) is 0 Å². The molecule has 0 bridgehead atoms. The molecule has 10 nitrogen and oxygen atoms in total. The van der Waals surface area contributed by atoms with Crippen LogP contribution in [0.25, 0.3) is 22.2 Å². The summed E-state index contributed by atoms with van der Waals surface area (Å²) in [6.07, 6.45) is 5.46. The van der Waals surface area contributed by atoms with Gasteiger partial charge in [-0.2, -0.15) is 5.10 Å². The van der Waals surface area contributed by atoms with Crippen molar-refractivity contribution in [3.63, 3.8) is 0 Å². The molecule has 4 aromatic heterocycles. The van der Waals surface area contributed by atoms with E-state index in [1.807, 2.05) is 79.2 Å². The van der Waals surface area contributed by atoms with Gasteiger partial charge < -0.3 is 19.4 Å². The Hall–Kier alpha value is -4.39. The Morgan fingerprint density at radius 1 is 1.04 bits per heavy atom. The summed E-state index contributed by atoms with van der Waals surface area (Å²) in [6, 6.07) is 20.2. The number of nitrogens with one attached hydrogen (secondary N) is 1. The van der Waals surface area contributed by atoms with Crippen molar-refractivity contribution in [3.8, 4) is 11.4 Å². The molecule has 2 aromatic carbocycles. The molecule has 0 aliphatic rings. The SMILES string of the molecule is COc1cccc(Sc2cn(COCC[Si](C)(C)C)c3ncnc(NC(C)c4nn5ccc(C)c5c(=O)n4-c4ccccc4)c23)c1. The Balaban J connectivity index is 1.42. The monoisotopic (exact) mass is 653 g/mol. The summed E-state index contributed by atoms with van der Waals surface area (Å²) in [6.45, 7) is 12.0. The van der Waals surface area contributed by atoms with Gasteiger partial charge in [-0.15, -0.1) is 0 Å². The van der Waals surface area contributed by atoms with Gasteiger partial charge >= 0.3 is 0 Å². The Morgan fingerprint density at radius 2 is 1.85 bits per heavy atom. The van der Waals surface area contributed by atoms with Crippen LogP contribution < -0.4 is 15.6 Å². The van der Waals surface area contributed by atoms with Gasteiger partial charge in [0.25, 0.3) is 5.56 Å². The molecule has 6 aromatic rings. The summed E-state index contributed by atoms with van der Waals surface area (Å²) in [5.41, 5.74) is 2.80. The molecule has 1 atom stereocenters. The van der Waals surface area contributed by atoms with Crippen molar-refractivity contribution in [3.05, 3.63) is 101 Å². The van der Waals surface area contributed by atoms with Crippen molar-refractivity contribution in [2.75, 3.05) is 19.0 Å².